The van der Waals surface area contributed by atoms with Crippen LogP contribution in [0.5, 0.6) is 0 Å². The molecule has 3 heterocycles. The number of anilines is 2. The number of rotatable bonds is 9. The summed E-state index contributed by atoms with van der Waals surface area (Å²) in [5, 5.41) is 10.3. The van der Waals surface area contributed by atoms with Crippen LogP contribution in [0.15, 0.2) is 47.1 Å². The summed E-state index contributed by atoms with van der Waals surface area (Å²) < 4.78 is 6.70. The lowest BCUT2D eigenvalue weighted by molar-refractivity contribution is -0.118. The maximum Gasteiger partial charge on any atom is 0.259 e. The standard InChI is InChI=1S/C21H24N8O2/c1-14(30)23-11-2-4-15-6-8-16(9-7-15)10-12-24-20-26-19(22)29-21(27-20)25-18(28-29)17-5-3-13-31-17/h3,5-9,13H,2,4,10-12H2,1H3,(H,23,30)(H3,22,24,25,26,27,28). The van der Waals surface area contributed by atoms with Gasteiger partial charge in [0.25, 0.3) is 5.78 Å². The number of aromatic nitrogens is 5. The third-order valence-corrected chi connectivity index (χ3v) is 4.71. The average molecular weight is 420 g/mol. The van der Waals surface area contributed by atoms with E-state index in [2.05, 4.69) is 54.9 Å². The third-order valence-electron chi connectivity index (χ3n) is 4.71. The molecule has 4 N–H and O–H groups in total. The molecule has 1 amide bonds. The molecule has 10 heteroatoms. The number of aryl methyl sites for hydroxylation is 1. The number of furan rings is 1. The molecule has 1 aromatic carbocycles. The van der Waals surface area contributed by atoms with Crippen molar-refractivity contribution in [1.82, 2.24) is 29.9 Å². The van der Waals surface area contributed by atoms with E-state index >= 15 is 0 Å². The summed E-state index contributed by atoms with van der Waals surface area (Å²) in [4.78, 5) is 23.9. The van der Waals surface area contributed by atoms with E-state index in [-0.39, 0.29) is 11.9 Å². The van der Waals surface area contributed by atoms with E-state index in [0.717, 1.165) is 19.3 Å². The summed E-state index contributed by atoms with van der Waals surface area (Å²) in [5.74, 6) is 1.90. The van der Waals surface area contributed by atoms with Crippen molar-refractivity contribution in [2.75, 3.05) is 24.1 Å². The molecule has 3 aromatic heterocycles. The first-order chi connectivity index (χ1) is 15.1. The minimum absolute atomic E-state index is 0.00899. The number of hydrogen-bond donors (Lipinski definition) is 3. The van der Waals surface area contributed by atoms with E-state index in [1.807, 2.05) is 0 Å². The van der Waals surface area contributed by atoms with Gasteiger partial charge in [-0.25, -0.2) is 0 Å². The zero-order valence-corrected chi connectivity index (χ0v) is 17.2. The van der Waals surface area contributed by atoms with Crippen LogP contribution < -0.4 is 16.4 Å². The molecule has 0 aliphatic heterocycles. The normalized spacial score (nSPS) is 11.0. The number of benzene rings is 1. The zero-order chi connectivity index (χ0) is 21.6. The SMILES string of the molecule is CC(=O)NCCCc1ccc(CCNc2nc(N)n3nc(-c4ccco4)nc3n2)cc1. The van der Waals surface area contributed by atoms with Gasteiger partial charge in [0, 0.05) is 20.0 Å². The first kappa shape index (κ1) is 20.3. The maximum absolute atomic E-state index is 10.9. The molecule has 31 heavy (non-hydrogen) atoms. The number of amides is 1. The van der Waals surface area contributed by atoms with Crippen molar-refractivity contribution in [3.8, 4) is 11.6 Å². The fraction of sp³-hybridized carbons (Fsp3) is 0.286. The molecule has 0 aliphatic rings. The maximum atomic E-state index is 10.9. The van der Waals surface area contributed by atoms with Gasteiger partial charge in [-0.1, -0.05) is 24.3 Å². The molecule has 160 valence electrons. The van der Waals surface area contributed by atoms with Crippen LogP contribution in [0.1, 0.15) is 24.5 Å². The molecular formula is C21H24N8O2. The molecule has 0 saturated carbocycles. The van der Waals surface area contributed by atoms with E-state index in [9.17, 15) is 4.79 Å². The molecule has 0 spiro atoms. The topological polar surface area (TPSA) is 136 Å². The van der Waals surface area contributed by atoms with Crippen molar-refractivity contribution in [1.29, 1.82) is 0 Å². The molecular weight excluding hydrogens is 396 g/mol. The van der Waals surface area contributed by atoms with Gasteiger partial charge in [-0.2, -0.15) is 19.5 Å². The van der Waals surface area contributed by atoms with Gasteiger partial charge in [0.05, 0.1) is 6.26 Å². The summed E-state index contributed by atoms with van der Waals surface area (Å²) >= 11 is 0. The summed E-state index contributed by atoms with van der Waals surface area (Å²) in [6, 6.07) is 12.0. The Bertz CT molecular complexity index is 1150. The van der Waals surface area contributed by atoms with Crippen LogP contribution >= 0.6 is 0 Å². The van der Waals surface area contributed by atoms with Gasteiger partial charge >= 0.3 is 0 Å². The number of nitrogens with zero attached hydrogens (tertiary/aromatic N) is 5. The molecule has 0 radical (unpaired) electrons. The highest BCUT2D eigenvalue weighted by Gasteiger charge is 2.13. The van der Waals surface area contributed by atoms with E-state index < -0.39 is 0 Å². The number of fused-ring (bicyclic) bond motifs is 1. The van der Waals surface area contributed by atoms with Gasteiger partial charge in [-0.3, -0.25) is 4.79 Å². The Balaban J connectivity index is 1.31. The Morgan fingerprint density at radius 2 is 1.84 bits per heavy atom. The van der Waals surface area contributed by atoms with Crippen LogP contribution in [-0.2, 0) is 17.6 Å². The largest absolute Gasteiger partial charge is 0.461 e. The molecule has 0 bridgehead atoms. The highest BCUT2D eigenvalue weighted by Crippen LogP contribution is 2.17. The lowest BCUT2D eigenvalue weighted by Gasteiger charge is -2.07. The number of nitrogen functional groups attached to an aromatic ring is 1. The Morgan fingerprint density at radius 3 is 2.55 bits per heavy atom. The summed E-state index contributed by atoms with van der Waals surface area (Å²) in [6.45, 7) is 2.88. The number of hydrogen-bond acceptors (Lipinski definition) is 8. The second kappa shape index (κ2) is 9.24. The van der Waals surface area contributed by atoms with Gasteiger partial charge < -0.3 is 20.8 Å². The number of carbonyl (C=O) groups excluding carboxylic acids is 1. The van der Waals surface area contributed by atoms with Crippen LogP contribution in [0, 0.1) is 0 Å². The summed E-state index contributed by atoms with van der Waals surface area (Å²) in [5.41, 5.74) is 8.46. The van der Waals surface area contributed by atoms with Crippen molar-refractivity contribution in [3.05, 3.63) is 53.8 Å². The van der Waals surface area contributed by atoms with Gasteiger partial charge in [-0.05, 0) is 42.5 Å². The Morgan fingerprint density at radius 1 is 1.06 bits per heavy atom. The molecule has 0 fully saturated rings. The monoisotopic (exact) mass is 420 g/mol. The second-order valence-electron chi connectivity index (χ2n) is 7.11. The van der Waals surface area contributed by atoms with Crippen molar-refractivity contribution < 1.29 is 9.21 Å². The Hall–Kier alpha value is -3.95. The van der Waals surface area contributed by atoms with Crippen molar-refractivity contribution in [3.63, 3.8) is 0 Å². The lowest BCUT2D eigenvalue weighted by Crippen LogP contribution is -2.21. The molecule has 0 aliphatic carbocycles. The van der Waals surface area contributed by atoms with Gasteiger partial charge in [0.15, 0.2) is 5.76 Å². The highest BCUT2D eigenvalue weighted by atomic mass is 16.3. The average Bonchev–Trinajstić information content (AvgIpc) is 3.42. The van der Waals surface area contributed by atoms with Crippen LogP contribution in [0.3, 0.4) is 0 Å². The minimum Gasteiger partial charge on any atom is -0.461 e. The summed E-state index contributed by atoms with van der Waals surface area (Å²) in [7, 11) is 0. The second-order valence-corrected chi connectivity index (χ2v) is 7.11. The predicted molar refractivity (Wildman–Crippen MR) is 116 cm³/mol. The highest BCUT2D eigenvalue weighted by molar-refractivity contribution is 5.72. The van der Waals surface area contributed by atoms with Crippen molar-refractivity contribution >= 4 is 23.6 Å². The van der Waals surface area contributed by atoms with Gasteiger partial charge in [-0.15, -0.1) is 5.10 Å². The van der Waals surface area contributed by atoms with E-state index in [1.165, 1.54) is 22.6 Å². The zero-order valence-electron chi connectivity index (χ0n) is 17.2. The lowest BCUT2D eigenvalue weighted by atomic mass is 10.1. The van der Waals surface area contributed by atoms with Crippen molar-refractivity contribution in [2.45, 2.75) is 26.2 Å². The number of nitrogens with one attached hydrogen (secondary N) is 2. The number of carbonyl (C=O) groups is 1. The molecule has 0 atom stereocenters. The molecule has 4 rings (SSSR count). The molecule has 4 aromatic rings. The van der Waals surface area contributed by atoms with E-state index in [1.54, 1.807) is 18.4 Å². The van der Waals surface area contributed by atoms with Gasteiger partial charge in [0.1, 0.15) is 0 Å². The first-order valence-electron chi connectivity index (χ1n) is 10.1. The fourth-order valence-electron chi connectivity index (χ4n) is 3.14. The van der Waals surface area contributed by atoms with Crippen LogP contribution in [0.2, 0.25) is 0 Å². The Kier molecular flexibility index (Phi) is 6.06. The van der Waals surface area contributed by atoms with Crippen molar-refractivity contribution in [2.24, 2.45) is 0 Å². The fourth-order valence-corrected chi connectivity index (χ4v) is 3.14. The quantitative estimate of drug-likeness (QED) is 0.350. The smallest absolute Gasteiger partial charge is 0.259 e. The van der Waals surface area contributed by atoms with E-state index in [4.69, 9.17) is 10.2 Å². The third kappa shape index (κ3) is 5.16. The summed E-state index contributed by atoms with van der Waals surface area (Å²) in [6.07, 6.45) is 4.22. The number of nitrogens with two attached hydrogens (primary N) is 1. The van der Waals surface area contributed by atoms with Gasteiger partial charge in [0.2, 0.25) is 23.6 Å². The van der Waals surface area contributed by atoms with Crippen LogP contribution in [-0.4, -0.2) is 43.6 Å². The molecule has 0 unspecified atom stereocenters. The molecule has 10 nitrogen and oxygen atoms in total. The molecule has 0 saturated heterocycles. The Labute approximate surface area is 178 Å². The minimum atomic E-state index is 0.00899. The van der Waals surface area contributed by atoms with E-state index in [0.29, 0.717) is 36.4 Å². The van der Waals surface area contributed by atoms with Crippen LogP contribution in [0.4, 0.5) is 11.9 Å². The first-order valence-corrected chi connectivity index (χ1v) is 10.1. The van der Waals surface area contributed by atoms with Crippen LogP contribution in [0.25, 0.3) is 17.4 Å². The predicted octanol–water partition coefficient (Wildman–Crippen LogP) is 2.08.